The minimum absolute atomic E-state index is 0.0259. The zero-order valence-corrected chi connectivity index (χ0v) is 21.6. The van der Waals surface area contributed by atoms with Crippen LogP contribution in [0.1, 0.15) is 35.1 Å². The first-order valence-electron chi connectivity index (χ1n) is 11.3. The number of nitrogens with zero attached hydrogens (tertiary/aromatic N) is 8. The Kier molecular flexibility index (Phi) is 7.21. The van der Waals surface area contributed by atoms with Crippen molar-refractivity contribution in [3.8, 4) is 0 Å². The second-order valence-electron chi connectivity index (χ2n) is 8.62. The van der Waals surface area contributed by atoms with Gasteiger partial charge in [0, 0.05) is 57.5 Å². The van der Waals surface area contributed by atoms with Gasteiger partial charge in [0.1, 0.15) is 24.0 Å². The molecule has 2 aliphatic rings. The molecule has 2 aromatic heterocycles. The minimum Gasteiger partial charge on any atom is -0.438 e. The van der Waals surface area contributed by atoms with Gasteiger partial charge in [-0.15, -0.1) is 11.3 Å². The molecule has 0 spiro atoms. The van der Waals surface area contributed by atoms with E-state index in [2.05, 4.69) is 24.8 Å². The van der Waals surface area contributed by atoms with Gasteiger partial charge < -0.3 is 14.4 Å². The first-order chi connectivity index (χ1) is 18.7. The van der Waals surface area contributed by atoms with Gasteiger partial charge in [-0.1, -0.05) is 22.8 Å². The zero-order chi connectivity index (χ0) is 27.7. The first kappa shape index (κ1) is 26.5. The first-order valence-corrected chi connectivity index (χ1v) is 12.5. The lowest BCUT2D eigenvalue weighted by atomic mass is 9.89. The van der Waals surface area contributed by atoms with Crippen LogP contribution in [0.15, 0.2) is 58.0 Å². The Labute approximate surface area is 227 Å². The Morgan fingerprint density at radius 1 is 1.44 bits per heavy atom. The number of fused-ring (bicyclic) bond motifs is 1. The maximum atomic E-state index is 14.0. The molecule has 2 atom stereocenters. The Morgan fingerprint density at radius 3 is 2.90 bits per heavy atom. The van der Waals surface area contributed by atoms with E-state index in [1.165, 1.54) is 29.7 Å². The Hall–Kier alpha value is -4.07. The van der Waals surface area contributed by atoms with E-state index in [4.69, 9.17) is 21.3 Å². The van der Waals surface area contributed by atoms with Gasteiger partial charge in [-0.25, -0.2) is 18.9 Å². The highest BCUT2D eigenvalue weighted by Crippen LogP contribution is 2.49. The number of aliphatic imine (C=N–C) groups is 1. The summed E-state index contributed by atoms with van der Waals surface area (Å²) in [6.07, 6.45) is 3.08. The summed E-state index contributed by atoms with van der Waals surface area (Å²) >= 11 is 7.75. The van der Waals surface area contributed by atoms with Gasteiger partial charge in [0.15, 0.2) is 10.8 Å². The van der Waals surface area contributed by atoms with Crippen LogP contribution in [0.3, 0.4) is 0 Å². The number of aromatic nitrogens is 3. The molecule has 5 rings (SSSR count). The maximum absolute atomic E-state index is 14.0. The average Bonchev–Trinajstić information content (AvgIpc) is 3.67. The lowest BCUT2D eigenvalue weighted by Gasteiger charge is -2.32. The molecule has 0 unspecified atom stereocenters. The summed E-state index contributed by atoms with van der Waals surface area (Å²) in [5.41, 5.74) is 9.77. The SMILES string of the molecule is COC(=O)OC[C@@]1(N=[N+]=[N-])CC2=C(c3cnn(C(F)F)c3)[C@H](c3ccc(F)cc3Cl)N=C(c3nccs3)N2C1. The zero-order valence-electron chi connectivity index (χ0n) is 20.0. The van der Waals surface area contributed by atoms with Crippen LogP contribution in [0.2, 0.25) is 5.02 Å². The summed E-state index contributed by atoms with van der Waals surface area (Å²) in [6, 6.07) is 2.94. The van der Waals surface area contributed by atoms with Crippen LogP contribution in [-0.4, -0.2) is 57.5 Å². The Balaban J connectivity index is 1.74. The van der Waals surface area contributed by atoms with Gasteiger partial charge in [-0.3, -0.25) is 4.99 Å². The number of azide groups is 1. The normalized spacial score (nSPS) is 20.5. The van der Waals surface area contributed by atoms with Gasteiger partial charge in [0.05, 0.1) is 13.3 Å². The fourth-order valence-electron chi connectivity index (χ4n) is 4.61. The van der Waals surface area contributed by atoms with Crippen molar-refractivity contribution >= 4 is 40.5 Å². The predicted octanol–water partition coefficient (Wildman–Crippen LogP) is 5.98. The van der Waals surface area contributed by atoms with Crippen LogP contribution in [0, 0.1) is 5.82 Å². The topological polar surface area (TPSA) is 131 Å². The molecule has 3 aromatic rings. The number of carbonyl (C=O) groups is 1. The van der Waals surface area contributed by atoms with Crippen LogP contribution in [0.25, 0.3) is 16.0 Å². The van der Waals surface area contributed by atoms with Crippen LogP contribution in [0.5, 0.6) is 0 Å². The van der Waals surface area contributed by atoms with Crippen molar-refractivity contribution in [1.82, 2.24) is 19.7 Å². The van der Waals surface area contributed by atoms with E-state index < -0.39 is 30.1 Å². The van der Waals surface area contributed by atoms with Crippen molar-refractivity contribution in [1.29, 1.82) is 0 Å². The molecule has 11 nitrogen and oxygen atoms in total. The highest BCUT2D eigenvalue weighted by molar-refractivity contribution is 7.11. The summed E-state index contributed by atoms with van der Waals surface area (Å²) in [5.74, 6) is -0.170. The number of hydrogen-bond donors (Lipinski definition) is 0. The molecule has 2 aliphatic heterocycles. The lowest BCUT2D eigenvalue weighted by molar-refractivity contribution is 0.0557. The van der Waals surface area contributed by atoms with Crippen molar-refractivity contribution in [2.45, 2.75) is 24.6 Å². The minimum atomic E-state index is -2.90. The third-order valence-corrected chi connectivity index (χ3v) is 7.34. The molecule has 0 radical (unpaired) electrons. The summed E-state index contributed by atoms with van der Waals surface area (Å²) in [5, 5.41) is 10.1. The molecule has 0 saturated carbocycles. The number of methoxy groups -OCH3 is 1. The van der Waals surface area contributed by atoms with Crippen LogP contribution in [0.4, 0.5) is 18.0 Å². The lowest BCUT2D eigenvalue weighted by Crippen LogP contribution is -2.39. The van der Waals surface area contributed by atoms with Gasteiger partial charge >= 0.3 is 12.7 Å². The number of amidine groups is 1. The number of halogens is 4. The Morgan fingerprint density at radius 2 is 2.26 bits per heavy atom. The molecule has 4 heterocycles. The summed E-state index contributed by atoms with van der Waals surface area (Å²) in [6.45, 7) is -3.20. The summed E-state index contributed by atoms with van der Waals surface area (Å²) < 4.78 is 51.2. The van der Waals surface area contributed by atoms with Crippen LogP contribution in [-0.2, 0) is 9.47 Å². The molecule has 39 heavy (non-hydrogen) atoms. The van der Waals surface area contributed by atoms with Gasteiger partial charge in [0.2, 0.25) is 0 Å². The third kappa shape index (κ3) is 5.03. The molecule has 16 heteroatoms. The van der Waals surface area contributed by atoms with Crippen molar-refractivity contribution in [3.63, 3.8) is 0 Å². The largest absolute Gasteiger partial charge is 0.507 e. The van der Waals surface area contributed by atoms with Crippen LogP contribution < -0.4 is 0 Å². The van der Waals surface area contributed by atoms with Crippen molar-refractivity contribution in [2.75, 3.05) is 20.3 Å². The highest BCUT2D eigenvalue weighted by atomic mass is 35.5. The fraction of sp³-hybridized carbons (Fsp3) is 0.304. The Bertz CT molecular complexity index is 1520. The van der Waals surface area contributed by atoms with E-state index >= 15 is 0 Å². The van der Waals surface area contributed by atoms with E-state index in [-0.39, 0.29) is 24.6 Å². The quantitative estimate of drug-likeness (QED) is 0.147. The van der Waals surface area contributed by atoms with Crippen LogP contribution >= 0.6 is 22.9 Å². The van der Waals surface area contributed by atoms with Gasteiger partial charge in [0.25, 0.3) is 0 Å². The number of ether oxygens (including phenoxy) is 2. The maximum Gasteiger partial charge on any atom is 0.507 e. The number of thiazole rings is 1. The molecule has 202 valence electrons. The summed E-state index contributed by atoms with van der Waals surface area (Å²) in [4.78, 5) is 25.8. The second-order valence-corrected chi connectivity index (χ2v) is 9.93. The molecule has 0 N–H and O–H groups in total. The van der Waals surface area contributed by atoms with E-state index in [1.54, 1.807) is 16.5 Å². The van der Waals surface area contributed by atoms with E-state index in [1.807, 2.05) is 0 Å². The number of benzene rings is 1. The fourth-order valence-corrected chi connectivity index (χ4v) is 5.52. The van der Waals surface area contributed by atoms with Gasteiger partial charge in [-0.05, 0) is 23.2 Å². The molecule has 0 amide bonds. The smallest absolute Gasteiger partial charge is 0.438 e. The van der Waals surface area contributed by atoms with Gasteiger partial charge in [-0.2, -0.15) is 13.9 Å². The average molecular weight is 579 g/mol. The number of hydrogen-bond acceptors (Lipinski definition) is 9. The molecular formula is C23H18ClF3N8O3S. The number of alkyl halides is 2. The monoisotopic (exact) mass is 578 g/mol. The van der Waals surface area contributed by atoms with E-state index in [0.29, 0.717) is 37.9 Å². The third-order valence-electron chi connectivity index (χ3n) is 6.24. The molecule has 1 saturated heterocycles. The van der Waals surface area contributed by atoms with Crippen molar-refractivity contribution in [3.05, 3.63) is 85.3 Å². The van der Waals surface area contributed by atoms with Crippen molar-refractivity contribution in [2.24, 2.45) is 10.1 Å². The molecule has 1 fully saturated rings. The molecule has 1 aromatic carbocycles. The number of carbonyl (C=O) groups excluding carboxylic acids is 1. The molecular weight excluding hydrogens is 561 g/mol. The standard InChI is InChI=1S/C23H18ClF3N8O3S/c1-37-22(36)38-11-23(32-33-28)7-16-17(12-8-30-35(9-12)21(26)27)18(14-3-2-13(25)6-15(14)24)31-19(34(16)10-23)20-29-4-5-39-20/h2-6,8-9,18,21H,7,10-11H2,1H3/t18-,23+/m0/s1. The molecule has 0 aliphatic carbocycles. The van der Waals surface area contributed by atoms with E-state index in [0.717, 1.165) is 19.4 Å². The second kappa shape index (κ2) is 10.6. The molecule has 0 bridgehead atoms. The highest BCUT2D eigenvalue weighted by Gasteiger charge is 2.48. The summed E-state index contributed by atoms with van der Waals surface area (Å²) in [7, 11) is 1.14. The predicted molar refractivity (Wildman–Crippen MR) is 135 cm³/mol. The van der Waals surface area contributed by atoms with E-state index in [9.17, 15) is 23.5 Å². The number of rotatable bonds is 7. The van der Waals surface area contributed by atoms with Crippen molar-refractivity contribution < 1.29 is 27.4 Å².